The molecule has 0 saturated carbocycles. The van der Waals surface area contributed by atoms with Crippen molar-refractivity contribution in [1.29, 1.82) is 0 Å². The summed E-state index contributed by atoms with van der Waals surface area (Å²) in [4.78, 5) is 26.3. The maximum Gasteiger partial charge on any atom is 0.272 e. The van der Waals surface area contributed by atoms with Crippen LogP contribution in [0, 0.1) is 0 Å². The van der Waals surface area contributed by atoms with Crippen LogP contribution in [0.4, 0.5) is 5.69 Å². The molecule has 2 amide bonds. The molecule has 0 bridgehead atoms. The maximum absolute atomic E-state index is 13.3. The number of nitrogens with zero attached hydrogens (tertiary/aromatic N) is 1. The molecule has 1 aromatic heterocycles. The number of carbonyl (C=O) groups is 2. The first-order valence-electron chi connectivity index (χ1n) is 11.5. The van der Waals surface area contributed by atoms with Gasteiger partial charge in [0.1, 0.15) is 11.4 Å². The van der Waals surface area contributed by atoms with Crippen LogP contribution in [0.1, 0.15) is 15.9 Å². The number of aryl methyl sites for hydroxylation is 1. The van der Waals surface area contributed by atoms with Crippen molar-refractivity contribution >= 4 is 45.4 Å². The Hall–Kier alpha value is -4.84. The summed E-state index contributed by atoms with van der Waals surface area (Å²) in [5.41, 5.74) is 4.16. The fraction of sp³-hybridized carbons (Fsp3) is 0.0667. The number of nitrogens with one attached hydrogen (secondary N) is 2. The van der Waals surface area contributed by atoms with Gasteiger partial charge in [-0.3, -0.25) is 9.59 Å². The van der Waals surface area contributed by atoms with Gasteiger partial charge in [0.05, 0.1) is 7.11 Å². The molecule has 6 nitrogen and oxygen atoms in total. The van der Waals surface area contributed by atoms with Gasteiger partial charge in [-0.15, -0.1) is 0 Å². The van der Waals surface area contributed by atoms with Crippen LogP contribution in [0.25, 0.3) is 27.9 Å². The van der Waals surface area contributed by atoms with E-state index in [1.54, 1.807) is 61.7 Å². The Morgan fingerprint density at radius 1 is 0.806 bits per heavy atom. The van der Waals surface area contributed by atoms with Gasteiger partial charge in [-0.2, -0.15) is 0 Å². The molecule has 5 aromatic rings. The molecule has 36 heavy (non-hydrogen) atoms. The molecule has 0 aliphatic heterocycles. The number of benzene rings is 4. The van der Waals surface area contributed by atoms with E-state index < -0.39 is 5.91 Å². The van der Waals surface area contributed by atoms with Crippen LogP contribution in [0.5, 0.6) is 5.75 Å². The Labute approximate surface area is 208 Å². The summed E-state index contributed by atoms with van der Waals surface area (Å²) in [6.45, 7) is 0. The predicted octanol–water partition coefficient (Wildman–Crippen LogP) is 5.75. The minimum absolute atomic E-state index is 0.131. The molecule has 2 N–H and O–H groups in total. The number of hydrogen-bond donors (Lipinski definition) is 2. The summed E-state index contributed by atoms with van der Waals surface area (Å²) in [5, 5.41) is 7.85. The molecule has 0 atom stereocenters. The largest absolute Gasteiger partial charge is 0.497 e. The molecule has 0 radical (unpaired) electrons. The summed E-state index contributed by atoms with van der Waals surface area (Å²) < 4.78 is 7.40. The second kappa shape index (κ2) is 9.80. The van der Waals surface area contributed by atoms with Crippen LogP contribution in [0.3, 0.4) is 0 Å². The van der Waals surface area contributed by atoms with E-state index in [0.717, 1.165) is 27.4 Å². The van der Waals surface area contributed by atoms with Crippen molar-refractivity contribution in [3.05, 3.63) is 114 Å². The lowest BCUT2D eigenvalue weighted by Crippen LogP contribution is -2.30. The van der Waals surface area contributed by atoms with Crippen LogP contribution in [0.2, 0.25) is 0 Å². The third-order valence-corrected chi connectivity index (χ3v) is 6.10. The molecule has 0 aliphatic carbocycles. The van der Waals surface area contributed by atoms with Gasteiger partial charge in [0.25, 0.3) is 11.8 Å². The first-order valence-corrected chi connectivity index (χ1v) is 11.5. The topological polar surface area (TPSA) is 72.4 Å². The summed E-state index contributed by atoms with van der Waals surface area (Å²) in [6, 6.07) is 30.1. The molecule has 0 spiro atoms. The van der Waals surface area contributed by atoms with Crippen molar-refractivity contribution in [3.8, 4) is 5.75 Å². The number of fused-ring (bicyclic) bond motifs is 3. The highest BCUT2D eigenvalue weighted by atomic mass is 16.5. The number of ether oxygens (including phenoxy) is 1. The zero-order chi connectivity index (χ0) is 25.1. The van der Waals surface area contributed by atoms with E-state index in [0.29, 0.717) is 17.0 Å². The van der Waals surface area contributed by atoms with Crippen molar-refractivity contribution in [3.63, 3.8) is 0 Å². The lowest BCUT2D eigenvalue weighted by atomic mass is 10.1. The summed E-state index contributed by atoms with van der Waals surface area (Å²) >= 11 is 0. The van der Waals surface area contributed by atoms with E-state index in [-0.39, 0.29) is 11.6 Å². The van der Waals surface area contributed by atoms with Crippen molar-refractivity contribution in [2.45, 2.75) is 0 Å². The fourth-order valence-electron chi connectivity index (χ4n) is 4.28. The third-order valence-electron chi connectivity index (χ3n) is 6.10. The molecule has 1 heterocycles. The summed E-state index contributed by atoms with van der Waals surface area (Å²) in [5.74, 6) is -0.188. The van der Waals surface area contributed by atoms with Gasteiger partial charge < -0.3 is 19.9 Å². The van der Waals surface area contributed by atoms with E-state index in [1.165, 1.54) is 0 Å². The number of hydrogen-bond acceptors (Lipinski definition) is 3. The number of rotatable bonds is 6. The number of anilines is 1. The Morgan fingerprint density at radius 2 is 1.56 bits per heavy atom. The highest BCUT2D eigenvalue weighted by molar-refractivity contribution is 6.12. The average molecular weight is 476 g/mol. The van der Waals surface area contributed by atoms with Crippen molar-refractivity contribution in [1.82, 2.24) is 9.88 Å². The standard InChI is InChI=1S/C30H25N3O3/c1-33-27-14-7-6-13-24(27)25-17-20(15-16-28(25)33)18-26(32-29(34)21-9-4-3-5-10-21)30(35)31-22-11-8-12-23(19-22)36-2/h3-19H,1-2H3,(H,31,35)(H,32,34)/b26-18-. The normalized spacial score (nSPS) is 11.4. The van der Waals surface area contributed by atoms with Crippen molar-refractivity contribution in [2.75, 3.05) is 12.4 Å². The first-order chi connectivity index (χ1) is 17.5. The SMILES string of the molecule is COc1cccc(NC(=O)/C(=C/c2ccc3c(c2)c2ccccc2n3C)NC(=O)c2ccccc2)c1. The summed E-state index contributed by atoms with van der Waals surface area (Å²) in [6.07, 6.45) is 1.69. The second-order valence-corrected chi connectivity index (χ2v) is 8.42. The molecule has 178 valence electrons. The van der Waals surface area contributed by atoms with Crippen LogP contribution in [0.15, 0.2) is 103 Å². The molecular formula is C30H25N3O3. The molecule has 5 rings (SSSR count). The highest BCUT2D eigenvalue weighted by Crippen LogP contribution is 2.29. The van der Waals surface area contributed by atoms with E-state index in [1.807, 2.05) is 43.4 Å². The quantitative estimate of drug-likeness (QED) is 0.307. The Bertz CT molecular complexity index is 1620. The number of aromatic nitrogens is 1. The zero-order valence-electron chi connectivity index (χ0n) is 20.0. The molecule has 0 fully saturated rings. The van der Waals surface area contributed by atoms with E-state index in [4.69, 9.17) is 4.74 Å². The Kier molecular flexibility index (Phi) is 6.24. The lowest BCUT2D eigenvalue weighted by molar-refractivity contribution is -0.113. The number of carbonyl (C=O) groups excluding carboxylic acids is 2. The minimum atomic E-state index is -0.439. The number of amides is 2. The van der Waals surface area contributed by atoms with Crippen molar-refractivity contribution < 1.29 is 14.3 Å². The van der Waals surface area contributed by atoms with Crippen molar-refractivity contribution in [2.24, 2.45) is 7.05 Å². The monoisotopic (exact) mass is 475 g/mol. The van der Waals surface area contributed by atoms with Crippen LogP contribution >= 0.6 is 0 Å². The van der Waals surface area contributed by atoms with Gasteiger partial charge in [0.15, 0.2) is 0 Å². The molecule has 4 aromatic carbocycles. The van der Waals surface area contributed by atoms with Crippen LogP contribution in [-0.4, -0.2) is 23.5 Å². The highest BCUT2D eigenvalue weighted by Gasteiger charge is 2.16. The zero-order valence-corrected chi connectivity index (χ0v) is 20.0. The van der Waals surface area contributed by atoms with Gasteiger partial charge in [0.2, 0.25) is 0 Å². The van der Waals surface area contributed by atoms with Gasteiger partial charge in [0, 0.05) is 46.2 Å². The van der Waals surface area contributed by atoms with E-state index >= 15 is 0 Å². The Balaban J connectivity index is 1.54. The maximum atomic E-state index is 13.3. The molecule has 0 unspecified atom stereocenters. The van der Waals surface area contributed by atoms with Gasteiger partial charge >= 0.3 is 0 Å². The lowest BCUT2D eigenvalue weighted by Gasteiger charge is -2.12. The van der Waals surface area contributed by atoms with E-state index in [2.05, 4.69) is 27.3 Å². The third kappa shape index (κ3) is 4.57. The molecule has 6 heteroatoms. The Morgan fingerprint density at radius 3 is 2.36 bits per heavy atom. The fourth-order valence-corrected chi connectivity index (χ4v) is 4.28. The predicted molar refractivity (Wildman–Crippen MR) is 144 cm³/mol. The summed E-state index contributed by atoms with van der Waals surface area (Å²) in [7, 11) is 3.60. The first kappa shape index (κ1) is 22.9. The average Bonchev–Trinajstić information content (AvgIpc) is 3.20. The van der Waals surface area contributed by atoms with Gasteiger partial charge in [-0.1, -0.05) is 48.5 Å². The van der Waals surface area contributed by atoms with Gasteiger partial charge in [-0.05, 0) is 54.1 Å². The molecule has 0 saturated heterocycles. The number of methoxy groups -OCH3 is 1. The molecule has 0 aliphatic rings. The number of para-hydroxylation sites is 1. The second-order valence-electron chi connectivity index (χ2n) is 8.42. The smallest absolute Gasteiger partial charge is 0.272 e. The molecular weight excluding hydrogens is 450 g/mol. The van der Waals surface area contributed by atoms with Crippen LogP contribution in [-0.2, 0) is 11.8 Å². The van der Waals surface area contributed by atoms with E-state index in [9.17, 15) is 9.59 Å². The van der Waals surface area contributed by atoms with Gasteiger partial charge in [-0.25, -0.2) is 0 Å². The minimum Gasteiger partial charge on any atom is -0.497 e. The van der Waals surface area contributed by atoms with Crippen LogP contribution < -0.4 is 15.4 Å².